The Balaban J connectivity index is 1.78. The summed E-state index contributed by atoms with van der Waals surface area (Å²) in [6.45, 7) is 3.62. The minimum absolute atomic E-state index is 0.646. The summed E-state index contributed by atoms with van der Waals surface area (Å²) in [5.74, 6) is 0. The number of methoxy groups -OCH3 is 1. The van der Waals surface area contributed by atoms with Crippen LogP contribution in [-0.4, -0.2) is 38.5 Å². The molecule has 0 unspecified atom stereocenters. The van der Waals surface area contributed by atoms with Crippen molar-refractivity contribution in [1.29, 1.82) is 0 Å². The Labute approximate surface area is 113 Å². The van der Waals surface area contributed by atoms with E-state index in [-0.39, 0.29) is 0 Å². The summed E-state index contributed by atoms with van der Waals surface area (Å²) in [4.78, 5) is 4.43. The maximum atomic E-state index is 5.40. The largest absolute Gasteiger partial charge is 0.382 e. The van der Waals surface area contributed by atoms with Gasteiger partial charge >= 0.3 is 0 Å². The van der Waals surface area contributed by atoms with Crippen LogP contribution in [0.5, 0.6) is 0 Å². The van der Waals surface area contributed by atoms with Gasteiger partial charge in [0, 0.05) is 31.8 Å². The van der Waals surface area contributed by atoms with Crippen molar-refractivity contribution in [2.24, 2.45) is 0 Å². The molecule has 0 atom stereocenters. The first-order valence-corrected chi connectivity index (χ1v) is 6.52. The Hall–Kier alpha value is -1.49. The van der Waals surface area contributed by atoms with Gasteiger partial charge in [0.2, 0.25) is 0 Å². The summed E-state index contributed by atoms with van der Waals surface area (Å²) in [5.41, 5.74) is 2.28. The van der Waals surface area contributed by atoms with Gasteiger partial charge in [0.1, 0.15) is 0 Å². The summed E-state index contributed by atoms with van der Waals surface area (Å²) < 4.78 is 10.3. The van der Waals surface area contributed by atoms with Crippen LogP contribution in [0.4, 0.5) is 0 Å². The van der Waals surface area contributed by atoms with Gasteiger partial charge in [-0.3, -0.25) is 4.98 Å². The van der Waals surface area contributed by atoms with Gasteiger partial charge in [-0.2, -0.15) is 0 Å². The van der Waals surface area contributed by atoms with Crippen LogP contribution in [0.25, 0.3) is 10.9 Å². The third kappa shape index (κ3) is 4.28. The summed E-state index contributed by atoms with van der Waals surface area (Å²) in [6.07, 6.45) is 1.83. The lowest BCUT2D eigenvalue weighted by atomic mass is 10.1. The minimum Gasteiger partial charge on any atom is -0.382 e. The fourth-order valence-electron chi connectivity index (χ4n) is 1.92. The van der Waals surface area contributed by atoms with E-state index >= 15 is 0 Å². The van der Waals surface area contributed by atoms with Gasteiger partial charge in [-0.05, 0) is 11.6 Å². The summed E-state index contributed by atoms with van der Waals surface area (Å²) in [7, 11) is 1.68. The normalized spacial score (nSPS) is 11.0. The Morgan fingerprint density at radius 1 is 1.11 bits per heavy atom. The molecule has 19 heavy (non-hydrogen) atoms. The summed E-state index contributed by atoms with van der Waals surface area (Å²) >= 11 is 0. The van der Waals surface area contributed by atoms with Crippen molar-refractivity contribution in [1.82, 2.24) is 10.3 Å². The molecule has 1 N–H and O–H groups in total. The predicted molar refractivity (Wildman–Crippen MR) is 76.1 cm³/mol. The van der Waals surface area contributed by atoms with E-state index in [2.05, 4.69) is 34.6 Å². The number of pyridine rings is 1. The van der Waals surface area contributed by atoms with Crippen molar-refractivity contribution < 1.29 is 9.47 Å². The van der Waals surface area contributed by atoms with Crippen molar-refractivity contribution in [3.8, 4) is 0 Å². The molecule has 1 aromatic carbocycles. The second-order valence-electron chi connectivity index (χ2n) is 4.27. The molecule has 2 rings (SSSR count). The van der Waals surface area contributed by atoms with Crippen molar-refractivity contribution in [3.63, 3.8) is 0 Å². The SMILES string of the molecule is COCCOCCNCc1cccc2cccnc12. The van der Waals surface area contributed by atoms with E-state index in [1.807, 2.05) is 12.3 Å². The molecule has 4 nitrogen and oxygen atoms in total. The number of hydrogen-bond donors (Lipinski definition) is 1. The zero-order valence-corrected chi connectivity index (χ0v) is 11.3. The first kappa shape index (κ1) is 13.9. The highest BCUT2D eigenvalue weighted by molar-refractivity contribution is 5.81. The van der Waals surface area contributed by atoms with E-state index in [4.69, 9.17) is 9.47 Å². The highest BCUT2D eigenvalue weighted by Gasteiger charge is 2.00. The van der Waals surface area contributed by atoms with E-state index in [0.29, 0.717) is 19.8 Å². The van der Waals surface area contributed by atoms with Crippen molar-refractivity contribution in [2.45, 2.75) is 6.54 Å². The molecule has 2 aromatic rings. The van der Waals surface area contributed by atoms with E-state index in [1.54, 1.807) is 7.11 Å². The van der Waals surface area contributed by atoms with Crippen LogP contribution in [-0.2, 0) is 16.0 Å². The van der Waals surface area contributed by atoms with Gasteiger partial charge in [-0.1, -0.05) is 24.3 Å². The van der Waals surface area contributed by atoms with Crippen molar-refractivity contribution in [3.05, 3.63) is 42.1 Å². The average Bonchev–Trinajstić information content (AvgIpc) is 2.46. The molecule has 0 saturated carbocycles. The van der Waals surface area contributed by atoms with Gasteiger partial charge in [-0.25, -0.2) is 0 Å². The van der Waals surface area contributed by atoms with E-state index in [0.717, 1.165) is 18.6 Å². The predicted octanol–water partition coefficient (Wildman–Crippen LogP) is 1.99. The maximum Gasteiger partial charge on any atom is 0.0746 e. The lowest BCUT2D eigenvalue weighted by Gasteiger charge is -2.08. The van der Waals surface area contributed by atoms with Crippen molar-refractivity contribution in [2.75, 3.05) is 33.5 Å². The standard InChI is InChI=1S/C15H20N2O2/c1-18-10-11-19-9-8-16-12-14-5-2-4-13-6-3-7-17-15(13)14/h2-7,16H,8-12H2,1H3. The zero-order valence-electron chi connectivity index (χ0n) is 11.3. The Morgan fingerprint density at radius 2 is 2.00 bits per heavy atom. The molecule has 0 aliphatic carbocycles. The van der Waals surface area contributed by atoms with E-state index in [1.165, 1.54) is 10.9 Å². The Bertz CT molecular complexity index is 497. The number of para-hydroxylation sites is 1. The van der Waals surface area contributed by atoms with Crippen LogP contribution in [0.15, 0.2) is 36.5 Å². The molecule has 0 bridgehead atoms. The number of nitrogens with zero attached hydrogens (tertiary/aromatic N) is 1. The molecule has 0 radical (unpaired) electrons. The second-order valence-corrected chi connectivity index (χ2v) is 4.27. The molecule has 0 fully saturated rings. The molecular formula is C15H20N2O2. The van der Waals surface area contributed by atoms with Gasteiger partial charge in [0.15, 0.2) is 0 Å². The van der Waals surface area contributed by atoms with E-state index in [9.17, 15) is 0 Å². The Kier molecular flexibility index (Phi) is 5.75. The molecular weight excluding hydrogens is 240 g/mol. The smallest absolute Gasteiger partial charge is 0.0746 e. The lowest BCUT2D eigenvalue weighted by molar-refractivity contribution is 0.0719. The average molecular weight is 260 g/mol. The monoisotopic (exact) mass is 260 g/mol. The molecule has 0 saturated heterocycles. The number of ether oxygens (including phenoxy) is 2. The van der Waals surface area contributed by atoms with E-state index < -0.39 is 0 Å². The molecule has 1 aromatic heterocycles. The summed E-state index contributed by atoms with van der Waals surface area (Å²) in [5, 5.41) is 4.54. The minimum atomic E-state index is 0.646. The molecule has 0 aliphatic heterocycles. The van der Waals surface area contributed by atoms with Gasteiger partial charge in [-0.15, -0.1) is 0 Å². The van der Waals surface area contributed by atoms with Crippen LogP contribution in [0, 0.1) is 0 Å². The zero-order chi connectivity index (χ0) is 13.3. The third-order valence-electron chi connectivity index (χ3n) is 2.89. The topological polar surface area (TPSA) is 43.4 Å². The van der Waals surface area contributed by atoms with Crippen LogP contribution in [0.3, 0.4) is 0 Å². The first-order valence-electron chi connectivity index (χ1n) is 6.52. The number of rotatable bonds is 8. The summed E-state index contributed by atoms with van der Waals surface area (Å²) in [6, 6.07) is 10.3. The van der Waals surface area contributed by atoms with Crippen LogP contribution in [0.2, 0.25) is 0 Å². The number of nitrogens with one attached hydrogen (secondary N) is 1. The number of hydrogen-bond acceptors (Lipinski definition) is 4. The van der Waals surface area contributed by atoms with Crippen LogP contribution in [0.1, 0.15) is 5.56 Å². The number of fused-ring (bicyclic) bond motifs is 1. The number of aromatic nitrogens is 1. The maximum absolute atomic E-state index is 5.40. The fourth-order valence-corrected chi connectivity index (χ4v) is 1.92. The van der Waals surface area contributed by atoms with Crippen molar-refractivity contribution >= 4 is 10.9 Å². The Morgan fingerprint density at radius 3 is 2.89 bits per heavy atom. The highest BCUT2D eigenvalue weighted by atomic mass is 16.5. The second kappa shape index (κ2) is 7.84. The first-order chi connectivity index (χ1) is 9.42. The van der Waals surface area contributed by atoms with Crippen LogP contribution < -0.4 is 5.32 Å². The molecule has 102 valence electrons. The number of benzene rings is 1. The third-order valence-corrected chi connectivity index (χ3v) is 2.89. The van der Waals surface area contributed by atoms with Crippen LogP contribution >= 0.6 is 0 Å². The van der Waals surface area contributed by atoms with Gasteiger partial charge in [0.05, 0.1) is 25.3 Å². The molecule has 0 amide bonds. The molecule has 4 heteroatoms. The molecule has 0 aliphatic rings. The quantitative estimate of drug-likeness (QED) is 0.737. The fraction of sp³-hybridized carbons (Fsp3) is 0.400. The van der Waals surface area contributed by atoms with Gasteiger partial charge < -0.3 is 14.8 Å². The lowest BCUT2D eigenvalue weighted by Crippen LogP contribution is -2.20. The molecule has 1 heterocycles. The highest BCUT2D eigenvalue weighted by Crippen LogP contribution is 2.15. The molecule has 0 spiro atoms. The van der Waals surface area contributed by atoms with Gasteiger partial charge in [0.25, 0.3) is 0 Å².